The molecule has 0 fully saturated rings. The summed E-state index contributed by atoms with van der Waals surface area (Å²) in [4.78, 5) is 16.6. The van der Waals surface area contributed by atoms with Gasteiger partial charge in [-0.2, -0.15) is 0 Å². The lowest BCUT2D eigenvalue weighted by molar-refractivity contribution is 0.725. The summed E-state index contributed by atoms with van der Waals surface area (Å²) in [6.45, 7) is 0.676. The molecule has 16 heavy (non-hydrogen) atoms. The summed E-state index contributed by atoms with van der Waals surface area (Å²) in [7, 11) is 0. The van der Waals surface area contributed by atoms with Gasteiger partial charge < -0.3 is 5.73 Å². The second-order valence-electron chi connectivity index (χ2n) is 3.85. The molecule has 0 aliphatic carbocycles. The number of benzene rings is 1. The Morgan fingerprint density at radius 1 is 1.38 bits per heavy atom. The summed E-state index contributed by atoms with van der Waals surface area (Å²) in [5, 5.41) is 0.671. The van der Waals surface area contributed by atoms with Crippen LogP contribution in [0.3, 0.4) is 0 Å². The molecule has 2 aromatic rings. The zero-order chi connectivity index (χ0) is 11.1. The van der Waals surface area contributed by atoms with Gasteiger partial charge in [0.2, 0.25) is 0 Å². The van der Waals surface area contributed by atoms with Crippen molar-refractivity contribution < 1.29 is 0 Å². The van der Waals surface area contributed by atoms with Gasteiger partial charge in [0.1, 0.15) is 5.82 Å². The highest BCUT2D eigenvalue weighted by atomic mass is 16.1. The maximum Gasteiger partial charge on any atom is 0.261 e. The quantitative estimate of drug-likeness (QED) is 0.712. The van der Waals surface area contributed by atoms with E-state index in [1.54, 1.807) is 10.8 Å². The van der Waals surface area contributed by atoms with Gasteiger partial charge in [0.25, 0.3) is 5.56 Å². The highest BCUT2D eigenvalue weighted by molar-refractivity contribution is 5.79. The molecule has 0 radical (unpaired) electrons. The van der Waals surface area contributed by atoms with Gasteiger partial charge in [0.05, 0.1) is 10.9 Å². The summed E-state index contributed by atoms with van der Waals surface area (Å²) in [6, 6.07) is 7.39. The molecule has 1 aromatic heterocycles. The molecule has 1 aliphatic rings. The van der Waals surface area contributed by atoms with Gasteiger partial charge in [-0.05, 0) is 18.6 Å². The minimum atomic E-state index is 0.0254. The number of rotatable bonds is 0. The average Bonchev–Trinajstić information content (AvgIpc) is 2.72. The lowest BCUT2D eigenvalue weighted by Crippen LogP contribution is -2.20. The molecule has 0 spiro atoms. The monoisotopic (exact) mass is 213 g/mol. The van der Waals surface area contributed by atoms with Crippen LogP contribution in [0.4, 0.5) is 0 Å². The summed E-state index contributed by atoms with van der Waals surface area (Å²) in [5.74, 6) is 0.714. The first-order valence-corrected chi connectivity index (χ1v) is 5.22. The largest absolute Gasteiger partial charge is 0.404 e. The SMILES string of the molecule is NC=C1CCn2c1nc1ccccc1c2=O. The molecule has 4 nitrogen and oxygen atoms in total. The smallest absolute Gasteiger partial charge is 0.261 e. The van der Waals surface area contributed by atoms with E-state index >= 15 is 0 Å². The molecule has 2 heterocycles. The van der Waals surface area contributed by atoms with Crippen LogP contribution in [0.15, 0.2) is 35.3 Å². The third-order valence-corrected chi connectivity index (χ3v) is 2.95. The molecule has 1 aromatic carbocycles. The Morgan fingerprint density at radius 3 is 3.00 bits per heavy atom. The van der Waals surface area contributed by atoms with Crippen molar-refractivity contribution in [3.8, 4) is 0 Å². The topological polar surface area (TPSA) is 60.9 Å². The lowest BCUT2D eigenvalue weighted by atomic mass is 10.2. The standard InChI is InChI=1S/C12H11N3O/c13-7-8-5-6-15-11(8)14-10-4-2-1-3-9(10)12(15)16/h1-4,7H,5-6,13H2. The van der Waals surface area contributed by atoms with Crippen molar-refractivity contribution in [2.45, 2.75) is 13.0 Å². The van der Waals surface area contributed by atoms with E-state index in [2.05, 4.69) is 4.98 Å². The van der Waals surface area contributed by atoms with Crippen LogP contribution >= 0.6 is 0 Å². The predicted molar refractivity (Wildman–Crippen MR) is 62.8 cm³/mol. The maximum absolute atomic E-state index is 12.1. The molecule has 2 N–H and O–H groups in total. The Balaban J connectivity index is 2.46. The molecule has 0 saturated carbocycles. The Labute approximate surface area is 92.0 Å². The van der Waals surface area contributed by atoms with E-state index in [0.717, 1.165) is 17.5 Å². The van der Waals surface area contributed by atoms with Crippen LogP contribution in [0.5, 0.6) is 0 Å². The van der Waals surface area contributed by atoms with Crippen LogP contribution in [0.1, 0.15) is 12.2 Å². The van der Waals surface area contributed by atoms with Crippen molar-refractivity contribution in [1.29, 1.82) is 0 Å². The molecular weight excluding hydrogens is 202 g/mol. The van der Waals surface area contributed by atoms with E-state index in [9.17, 15) is 4.79 Å². The molecule has 0 amide bonds. The molecule has 4 heteroatoms. The van der Waals surface area contributed by atoms with Crippen LogP contribution in [0, 0.1) is 0 Å². The first-order chi connectivity index (χ1) is 7.81. The number of fused-ring (bicyclic) bond motifs is 2. The number of aromatic nitrogens is 2. The number of nitrogens with two attached hydrogens (primary N) is 1. The number of nitrogens with zero attached hydrogens (tertiary/aromatic N) is 2. The number of para-hydroxylation sites is 1. The molecule has 1 aliphatic heterocycles. The summed E-state index contributed by atoms with van der Waals surface area (Å²) < 4.78 is 1.70. The third kappa shape index (κ3) is 1.10. The van der Waals surface area contributed by atoms with Gasteiger partial charge in [-0.1, -0.05) is 12.1 Å². The minimum Gasteiger partial charge on any atom is -0.404 e. The highest BCUT2D eigenvalue weighted by Gasteiger charge is 2.19. The van der Waals surface area contributed by atoms with Gasteiger partial charge in [0.15, 0.2) is 0 Å². The van der Waals surface area contributed by atoms with Crippen molar-refractivity contribution in [1.82, 2.24) is 9.55 Å². The van der Waals surface area contributed by atoms with Gasteiger partial charge in [0, 0.05) is 18.3 Å². The second-order valence-corrected chi connectivity index (χ2v) is 3.85. The maximum atomic E-state index is 12.1. The molecular formula is C12H11N3O. The zero-order valence-corrected chi connectivity index (χ0v) is 8.68. The van der Waals surface area contributed by atoms with E-state index in [-0.39, 0.29) is 5.56 Å². The summed E-state index contributed by atoms with van der Waals surface area (Å²) >= 11 is 0. The van der Waals surface area contributed by atoms with Crippen molar-refractivity contribution in [2.24, 2.45) is 5.73 Å². The normalized spacial score (nSPS) is 16.9. The average molecular weight is 213 g/mol. The molecule has 0 atom stereocenters. The molecule has 0 bridgehead atoms. The van der Waals surface area contributed by atoms with Crippen molar-refractivity contribution >= 4 is 16.5 Å². The zero-order valence-electron chi connectivity index (χ0n) is 8.68. The summed E-state index contributed by atoms with van der Waals surface area (Å²) in [5.41, 5.74) is 7.23. The fourth-order valence-electron chi connectivity index (χ4n) is 2.12. The fraction of sp³-hybridized carbons (Fsp3) is 0.167. The molecule has 0 saturated heterocycles. The van der Waals surface area contributed by atoms with Crippen molar-refractivity contribution in [3.63, 3.8) is 0 Å². The lowest BCUT2D eigenvalue weighted by Gasteiger charge is -2.04. The molecule has 80 valence electrons. The van der Waals surface area contributed by atoms with E-state index in [1.165, 1.54) is 0 Å². The van der Waals surface area contributed by atoms with Crippen molar-refractivity contribution in [2.75, 3.05) is 0 Å². The number of hydrogen-bond donors (Lipinski definition) is 1. The Kier molecular flexibility index (Phi) is 1.83. The number of allylic oxidation sites excluding steroid dienone is 1. The van der Waals surface area contributed by atoms with Gasteiger partial charge in [-0.3, -0.25) is 9.36 Å². The first kappa shape index (κ1) is 9.15. The van der Waals surface area contributed by atoms with Crippen LogP contribution in [0.25, 0.3) is 16.5 Å². The Morgan fingerprint density at radius 2 is 2.19 bits per heavy atom. The Hall–Kier alpha value is -2.10. The predicted octanol–water partition coefficient (Wildman–Crippen LogP) is 1.10. The van der Waals surface area contributed by atoms with Crippen molar-refractivity contribution in [3.05, 3.63) is 46.6 Å². The van der Waals surface area contributed by atoms with Gasteiger partial charge in [-0.25, -0.2) is 4.98 Å². The van der Waals surface area contributed by atoms with E-state index in [0.29, 0.717) is 17.8 Å². The van der Waals surface area contributed by atoms with E-state index < -0.39 is 0 Å². The molecule has 0 unspecified atom stereocenters. The van der Waals surface area contributed by atoms with Crippen LogP contribution in [-0.4, -0.2) is 9.55 Å². The Bertz CT molecular complexity index is 655. The van der Waals surface area contributed by atoms with Gasteiger partial charge in [-0.15, -0.1) is 0 Å². The minimum absolute atomic E-state index is 0.0254. The third-order valence-electron chi connectivity index (χ3n) is 2.95. The van der Waals surface area contributed by atoms with E-state index in [1.807, 2.05) is 24.3 Å². The number of hydrogen-bond acceptors (Lipinski definition) is 3. The highest BCUT2D eigenvalue weighted by Crippen LogP contribution is 2.23. The van der Waals surface area contributed by atoms with Crippen LogP contribution < -0.4 is 11.3 Å². The van der Waals surface area contributed by atoms with Crippen LogP contribution in [-0.2, 0) is 6.54 Å². The fourth-order valence-corrected chi connectivity index (χ4v) is 2.12. The summed E-state index contributed by atoms with van der Waals surface area (Å²) in [6.07, 6.45) is 2.33. The molecule has 3 rings (SSSR count). The van der Waals surface area contributed by atoms with Crippen LogP contribution in [0.2, 0.25) is 0 Å². The second kappa shape index (κ2) is 3.20. The van der Waals surface area contributed by atoms with E-state index in [4.69, 9.17) is 5.73 Å². The first-order valence-electron chi connectivity index (χ1n) is 5.22. The van der Waals surface area contributed by atoms with Gasteiger partial charge >= 0.3 is 0 Å².